The summed E-state index contributed by atoms with van der Waals surface area (Å²) in [6, 6.07) is 5.52. The van der Waals surface area contributed by atoms with Gasteiger partial charge in [0, 0.05) is 34.6 Å². The van der Waals surface area contributed by atoms with E-state index < -0.39 is 0 Å². The second kappa shape index (κ2) is 9.01. The van der Waals surface area contributed by atoms with E-state index in [1.54, 1.807) is 0 Å². The standard InChI is InChI=1S/C12H16Cl3NO/c13-5-8-17-7-2-6-16-9-10-11(14)3-1-4-12(10)15/h1,3-4,16H,2,5-9H2. The Balaban J connectivity index is 2.18. The number of alkyl halides is 1. The first kappa shape index (κ1) is 15.1. The van der Waals surface area contributed by atoms with E-state index in [1.165, 1.54) is 0 Å². The molecular formula is C12H16Cl3NO. The average molecular weight is 297 g/mol. The van der Waals surface area contributed by atoms with Crippen molar-refractivity contribution in [1.29, 1.82) is 0 Å². The largest absolute Gasteiger partial charge is 0.380 e. The SMILES string of the molecule is ClCCOCCCNCc1c(Cl)cccc1Cl. The Morgan fingerprint density at radius 2 is 1.82 bits per heavy atom. The van der Waals surface area contributed by atoms with Crippen LogP contribution in [-0.4, -0.2) is 25.6 Å². The second-order valence-electron chi connectivity index (χ2n) is 3.53. The normalized spacial score (nSPS) is 10.8. The highest BCUT2D eigenvalue weighted by Gasteiger charge is 2.03. The van der Waals surface area contributed by atoms with E-state index in [1.807, 2.05) is 18.2 Å². The van der Waals surface area contributed by atoms with Crippen LogP contribution < -0.4 is 5.32 Å². The molecule has 1 aromatic rings. The van der Waals surface area contributed by atoms with E-state index >= 15 is 0 Å². The smallest absolute Gasteiger partial charge is 0.0601 e. The van der Waals surface area contributed by atoms with Gasteiger partial charge in [0.2, 0.25) is 0 Å². The summed E-state index contributed by atoms with van der Waals surface area (Å²) in [4.78, 5) is 0. The average Bonchev–Trinajstić information content (AvgIpc) is 2.31. The molecular weight excluding hydrogens is 280 g/mol. The second-order valence-corrected chi connectivity index (χ2v) is 4.72. The summed E-state index contributed by atoms with van der Waals surface area (Å²) in [6.07, 6.45) is 0.943. The number of benzene rings is 1. The van der Waals surface area contributed by atoms with Gasteiger partial charge in [0.15, 0.2) is 0 Å². The lowest BCUT2D eigenvalue weighted by Crippen LogP contribution is -2.17. The van der Waals surface area contributed by atoms with Crippen LogP contribution in [0.3, 0.4) is 0 Å². The maximum absolute atomic E-state index is 6.05. The molecule has 1 rings (SSSR count). The molecule has 0 saturated carbocycles. The van der Waals surface area contributed by atoms with Gasteiger partial charge in [-0.3, -0.25) is 0 Å². The Morgan fingerprint density at radius 3 is 2.47 bits per heavy atom. The van der Waals surface area contributed by atoms with Gasteiger partial charge < -0.3 is 10.1 Å². The van der Waals surface area contributed by atoms with Crippen molar-refractivity contribution >= 4 is 34.8 Å². The third-order valence-electron chi connectivity index (χ3n) is 2.23. The third-order valence-corrected chi connectivity index (χ3v) is 3.09. The summed E-state index contributed by atoms with van der Waals surface area (Å²) in [5.41, 5.74) is 0.942. The molecule has 0 saturated heterocycles. The zero-order chi connectivity index (χ0) is 12.5. The van der Waals surface area contributed by atoms with Crippen molar-refractivity contribution in [3.8, 4) is 0 Å². The number of nitrogens with one attached hydrogen (secondary N) is 1. The number of ether oxygens (including phenoxy) is 1. The fraction of sp³-hybridized carbons (Fsp3) is 0.500. The maximum atomic E-state index is 6.05. The van der Waals surface area contributed by atoms with Crippen molar-refractivity contribution in [1.82, 2.24) is 5.32 Å². The molecule has 0 heterocycles. The lowest BCUT2D eigenvalue weighted by Gasteiger charge is -2.08. The quantitative estimate of drug-likeness (QED) is 0.583. The minimum Gasteiger partial charge on any atom is -0.380 e. The highest BCUT2D eigenvalue weighted by molar-refractivity contribution is 6.35. The Kier molecular flexibility index (Phi) is 7.99. The molecule has 2 nitrogen and oxygen atoms in total. The zero-order valence-corrected chi connectivity index (χ0v) is 11.8. The monoisotopic (exact) mass is 295 g/mol. The van der Waals surface area contributed by atoms with E-state index in [-0.39, 0.29) is 0 Å². The van der Waals surface area contributed by atoms with Gasteiger partial charge in [0.1, 0.15) is 0 Å². The molecule has 0 atom stereocenters. The lowest BCUT2D eigenvalue weighted by molar-refractivity contribution is 0.146. The Bertz CT molecular complexity index is 313. The molecule has 0 fully saturated rings. The van der Waals surface area contributed by atoms with Crippen LogP contribution in [0.5, 0.6) is 0 Å². The van der Waals surface area contributed by atoms with E-state index in [4.69, 9.17) is 39.5 Å². The molecule has 0 aliphatic heterocycles. The van der Waals surface area contributed by atoms with E-state index in [0.717, 1.165) is 25.1 Å². The number of halogens is 3. The number of hydrogen-bond donors (Lipinski definition) is 1. The molecule has 0 amide bonds. The van der Waals surface area contributed by atoms with Gasteiger partial charge >= 0.3 is 0 Å². The Hall–Kier alpha value is 0.01000. The molecule has 0 aliphatic carbocycles. The van der Waals surface area contributed by atoms with E-state index in [9.17, 15) is 0 Å². The minimum atomic E-state index is 0.544. The summed E-state index contributed by atoms with van der Waals surface area (Å²) in [7, 11) is 0. The summed E-state index contributed by atoms with van der Waals surface area (Å²) in [5, 5.41) is 4.67. The van der Waals surface area contributed by atoms with Gasteiger partial charge in [-0.05, 0) is 25.1 Å². The fourth-order valence-electron chi connectivity index (χ4n) is 1.37. The first-order chi connectivity index (χ1) is 8.25. The summed E-state index contributed by atoms with van der Waals surface area (Å²) in [6.45, 7) is 2.87. The molecule has 17 heavy (non-hydrogen) atoms. The minimum absolute atomic E-state index is 0.544. The molecule has 0 bridgehead atoms. The van der Waals surface area contributed by atoms with Crippen LogP contribution in [0.15, 0.2) is 18.2 Å². The molecule has 0 radical (unpaired) electrons. The highest BCUT2D eigenvalue weighted by atomic mass is 35.5. The van der Waals surface area contributed by atoms with Gasteiger partial charge in [-0.25, -0.2) is 0 Å². The fourth-order valence-corrected chi connectivity index (χ4v) is 2.01. The first-order valence-electron chi connectivity index (χ1n) is 5.53. The van der Waals surface area contributed by atoms with Gasteiger partial charge in [0.25, 0.3) is 0 Å². The van der Waals surface area contributed by atoms with Crippen molar-refractivity contribution in [2.24, 2.45) is 0 Å². The summed E-state index contributed by atoms with van der Waals surface area (Å²) < 4.78 is 5.26. The van der Waals surface area contributed by atoms with Crippen LogP contribution in [0.4, 0.5) is 0 Å². The molecule has 0 unspecified atom stereocenters. The number of rotatable bonds is 8. The maximum Gasteiger partial charge on any atom is 0.0601 e. The molecule has 5 heteroatoms. The molecule has 0 aliphatic rings. The van der Waals surface area contributed by atoms with E-state index in [0.29, 0.717) is 29.1 Å². The molecule has 0 aromatic heterocycles. The topological polar surface area (TPSA) is 21.3 Å². The Labute approximate surface area is 117 Å². The van der Waals surface area contributed by atoms with Crippen LogP contribution in [0.1, 0.15) is 12.0 Å². The predicted molar refractivity (Wildman–Crippen MR) is 74.3 cm³/mol. The molecule has 1 aromatic carbocycles. The predicted octanol–water partition coefficient (Wildman–Crippen LogP) is 3.73. The first-order valence-corrected chi connectivity index (χ1v) is 6.82. The summed E-state index contributed by atoms with van der Waals surface area (Å²) in [5.74, 6) is 0.544. The molecule has 1 N–H and O–H groups in total. The van der Waals surface area contributed by atoms with Crippen molar-refractivity contribution in [2.75, 3.05) is 25.6 Å². The highest BCUT2D eigenvalue weighted by Crippen LogP contribution is 2.23. The Morgan fingerprint density at radius 1 is 1.12 bits per heavy atom. The van der Waals surface area contributed by atoms with Crippen molar-refractivity contribution in [3.63, 3.8) is 0 Å². The number of hydrogen-bond acceptors (Lipinski definition) is 2. The lowest BCUT2D eigenvalue weighted by atomic mass is 10.2. The van der Waals surface area contributed by atoms with Crippen LogP contribution in [-0.2, 0) is 11.3 Å². The third kappa shape index (κ3) is 5.94. The molecule has 96 valence electrons. The van der Waals surface area contributed by atoms with Crippen LogP contribution in [0.2, 0.25) is 10.0 Å². The molecule has 0 spiro atoms. The summed E-state index contributed by atoms with van der Waals surface area (Å²) >= 11 is 17.6. The van der Waals surface area contributed by atoms with Crippen molar-refractivity contribution < 1.29 is 4.74 Å². The van der Waals surface area contributed by atoms with Crippen molar-refractivity contribution in [2.45, 2.75) is 13.0 Å². The van der Waals surface area contributed by atoms with Gasteiger partial charge in [-0.15, -0.1) is 11.6 Å². The van der Waals surface area contributed by atoms with Crippen LogP contribution >= 0.6 is 34.8 Å². The van der Waals surface area contributed by atoms with Crippen molar-refractivity contribution in [3.05, 3.63) is 33.8 Å². The zero-order valence-electron chi connectivity index (χ0n) is 9.52. The van der Waals surface area contributed by atoms with Crippen LogP contribution in [0.25, 0.3) is 0 Å². The van der Waals surface area contributed by atoms with E-state index in [2.05, 4.69) is 5.32 Å². The van der Waals surface area contributed by atoms with Gasteiger partial charge in [-0.1, -0.05) is 29.3 Å². The van der Waals surface area contributed by atoms with Gasteiger partial charge in [0.05, 0.1) is 6.61 Å². The van der Waals surface area contributed by atoms with Crippen LogP contribution in [0, 0.1) is 0 Å². The van der Waals surface area contributed by atoms with Gasteiger partial charge in [-0.2, -0.15) is 0 Å².